The number of carbonyl (C=O) groups excluding carboxylic acids is 1. The molecule has 0 aromatic rings. The second-order valence-corrected chi connectivity index (χ2v) is 5.10. The molecule has 17 heavy (non-hydrogen) atoms. The first-order valence-corrected chi connectivity index (χ1v) is 6.67. The summed E-state index contributed by atoms with van der Waals surface area (Å²) in [5, 5.41) is 3.48. The number of rotatable bonds is 5. The van der Waals surface area contributed by atoms with Crippen molar-refractivity contribution in [3.8, 4) is 0 Å². The van der Waals surface area contributed by atoms with Crippen molar-refractivity contribution in [1.29, 1.82) is 0 Å². The Morgan fingerprint density at radius 2 is 2.24 bits per heavy atom. The molecule has 1 rings (SSSR count). The SMILES string of the molecule is CCOC(=O)C1(NC(C)CC)CCCN(C)C1. The molecule has 0 aromatic heterocycles. The molecule has 0 bridgehead atoms. The fraction of sp³-hybridized carbons (Fsp3) is 0.923. The van der Waals surface area contributed by atoms with E-state index >= 15 is 0 Å². The number of hydrogen-bond acceptors (Lipinski definition) is 4. The van der Waals surface area contributed by atoms with Crippen LogP contribution in [0.4, 0.5) is 0 Å². The zero-order valence-corrected chi connectivity index (χ0v) is 11.6. The Kier molecular flexibility index (Phi) is 5.40. The van der Waals surface area contributed by atoms with E-state index in [9.17, 15) is 4.79 Å². The van der Waals surface area contributed by atoms with Gasteiger partial charge in [0, 0.05) is 12.6 Å². The summed E-state index contributed by atoms with van der Waals surface area (Å²) >= 11 is 0. The lowest BCUT2D eigenvalue weighted by Crippen LogP contribution is -2.63. The average Bonchev–Trinajstić information content (AvgIpc) is 2.29. The third kappa shape index (κ3) is 3.68. The molecule has 1 N–H and O–H groups in total. The van der Waals surface area contributed by atoms with Crippen LogP contribution in [0, 0.1) is 0 Å². The number of carbonyl (C=O) groups is 1. The lowest BCUT2D eigenvalue weighted by atomic mass is 9.88. The Labute approximate surface area is 105 Å². The molecule has 1 fully saturated rings. The fourth-order valence-electron chi connectivity index (χ4n) is 2.46. The highest BCUT2D eigenvalue weighted by atomic mass is 16.5. The van der Waals surface area contributed by atoms with E-state index in [4.69, 9.17) is 4.74 Å². The summed E-state index contributed by atoms with van der Waals surface area (Å²) in [6.07, 6.45) is 2.93. The molecule has 0 aliphatic carbocycles. The molecule has 4 nitrogen and oxygen atoms in total. The van der Waals surface area contributed by atoms with Gasteiger partial charge in [-0.2, -0.15) is 0 Å². The van der Waals surface area contributed by atoms with Crippen molar-refractivity contribution in [3.05, 3.63) is 0 Å². The Balaban J connectivity index is 2.79. The smallest absolute Gasteiger partial charge is 0.327 e. The first kappa shape index (κ1) is 14.5. The number of ether oxygens (including phenoxy) is 1. The van der Waals surface area contributed by atoms with E-state index in [1.807, 2.05) is 6.92 Å². The van der Waals surface area contributed by atoms with Gasteiger partial charge in [-0.1, -0.05) is 6.92 Å². The molecule has 0 radical (unpaired) electrons. The minimum atomic E-state index is -0.502. The molecule has 2 atom stereocenters. The fourth-order valence-corrected chi connectivity index (χ4v) is 2.46. The van der Waals surface area contributed by atoms with Crippen LogP contribution in [0.1, 0.15) is 40.0 Å². The lowest BCUT2D eigenvalue weighted by molar-refractivity contribution is -0.154. The van der Waals surface area contributed by atoms with Gasteiger partial charge in [0.15, 0.2) is 0 Å². The van der Waals surface area contributed by atoms with Crippen molar-refractivity contribution >= 4 is 5.97 Å². The summed E-state index contributed by atoms with van der Waals surface area (Å²) in [4.78, 5) is 14.4. The van der Waals surface area contributed by atoms with E-state index < -0.39 is 5.54 Å². The van der Waals surface area contributed by atoms with Crippen LogP contribution in [0.3, 0.4) is 0 Å². The van der Waals surface area contributed by atoms with Crippen molar-refractivity contribution < 1.29 is 9.53 Å². The van der Waals surface area contributed by atoms with Crippen molar-refractivity contribution in [3.63, 3.8) is 0 Å². The number of likely N-dealkylation sites (N-methyl/N-ethyl adjacent to an activating group) is 1. The number of hydrogen-bond donors (Lipinski definition) is 1. The van der Waals surface area contributed by atoms with Gasteiger partial charge in [0.05, 0.1) is 6.61 Å². The Hall–Kier alpha value is -0.610. The van der Waals surface area contributed by atoms with Crippen LogP contribution in [0.15, 0.2) is 0 Å². The quantitative estimate of drug-likeness (QED) is 0.740. The molecule has 1 aliphatic heterocycles. The van der Waals surface area contributed by atoms with E-state index in [-0.39, 0.29) is 5.97 Å². The minimum Gasteiger partial charge on any atom is -0.465 e. The topological polar surface area (TPSA) is 41.6 Å². The maximum Gasteiger partial charge on any atom is 0.327 e. The molecule has 0 amide bonds. The molecular formula is C13H26N2O2. The van der Waals surface area contributed by atoms with Crippen LogP contribution < -0.4 is 5.32 Å². The summed E-state index contributed by atoms with van der Waals surface area (Å²) in [5.41, 5.74) is -0.502. The molecule has 2 unspecified atom stereocenters. The van der Waals surface area contributed by atoms with Crippen LogP contribution >= 0.6 is 0 Å². The second-order valence-electron chi connectivity index (χ2n) is 5.10. The highest BCUT2D eigenvalue weighted by Gasteiger charge is 2.43. The molecule has 0 saturated carbocycles. The minimum absolute atomic E-state index is 0.0909. The largest absolute Gasteiger partial charge is 0.465 e. The Bertz CT molecular complexity index is 258. The number of nitrogens with zero attached hydrogens (tertiary/aromatic N) is 1. The third-order valence-corrected chi connectivity index (χ3v) is 3.48. The normalized spacial score (nSPS) is 27.8. The van der Waals surface area contributed by atoms with Crippen LogP contribution in [0.25, 0.3) is 0 Å². The predicted molar refractivity (Wildman–Crippen MR) is 69.0 cm³/mol. The van der Waals surface area contributed by atoms with Gasteiger partial charge in [-0.05, 0) is 46.7 Å². The first-order chi connectivity index (χ1) is 8.04. The van der Waals surface area contributed by atoms with Crippen LogP contribution in [-0.2, 0) is 9.53 Å². The molecule has 4 heteroatoms. The second kappa shape index (κ2) is 6.36. The number of piperidine rings is 1. The van der Waals surface area contributed by atoms with Crippen LogP contribution in [0.2, 0.25) is 0 Å². The zero-order chi connectivity index (χ0) is 12.9. The van der Waals surface area contributed by atoms with Crippen LogP contribution in [0.5, 0.6) is 0 Å². The Morgan fingerprint density at radius 3 is 2.76 bits per heavy atom. The van der Waals surface area contributed by atoms with Gasteiger partial charge < -0.3 is 9.64 Å². The van der Waals surface area contributed by atoms with Gasteiger partial charge >= 0.3 is 5.97 Å². The molecule has 100 valence electrons. The van der Waals surface area contributed by atoms with Crippen molar-refractivity contribution in [1.82, 2.24) is 10.2 Å². The maximum atomic E-state index is 12.2. The zero-order valence-electron chi connectivity index (χ0n) is 11.6. The highest BCUT2D eigenvalue weighted by Crippen LogP contribution is 2.23. The van der Waals surface area contributed by atoms with Gasteiger partial charge in [-0.15, -0.1) is 0 Å². The van der Waals surface area contributed by atoms with Gasteiger partial charge in [0.25, 0.3) is 0 Å². The van der Waals surface area contributed by atoms with E-state index in [1.54, 1.807) is 0 Å². The summed E-state index contributed by atoms with van der Waals surface area (Å²) in [6.45, 7) is 8.37. The molecule has 1 aliphatic rings. The molecule has 1 saturated heterocycles. The van der Waals surface area contributed by atoms with Crippen LogP contribution in [-0.4, -0.2) is 49.2 Å². The van der Waals surface area contributed by atoms with E-state index in [0.717, 1.165) is 32.4 Å². The summed E-state index contributed by atoms with van der Waals surface area (Å²) in [6, 6.07) is 0.339. The van der Waals surface area contributed by atoms with Gasteiger partial charge in [0.1, 0.15) is 5.54 Å². The number of nitrogens with one attached hydrogen (secondary N) is 1. The maximum absolute atomic E-state index is 12.2. The first-order valence-electron chi connectivity index (χ1n) is 6.67. The van der Waals surface area contributed by atoms with Crippen molar-refractivity contribution in [2.24, 2.45) is 0 Å². The van der Waals surface area contributed by atoms with Gasteiger partial charge in [0.2, 0.25) is 0 Å². The van der Waals surface area contributed by atoms with Gasteiger partial charge in [-0.3, -0.25) is 5.32 Å². The number of esters is 1. The van der Waals surface area contributed by atoms with Crippen molar-refractivity contribution in [2.45, 2.75) is 51.6 Å². The molecule has 0 spiro atoms. The summed E-state index contributed by atoms with van der Waals surface area (Å²) in [7, 11) is 2.06. The van der Waals surface area contributed by atoms with Gasteiger partial charge in [-0.25, -0.2) is 4.79 Å². The van der Waals surface area contributed by atoms with E-state index in [1.165, 1.54) is 0 Å². The summed E-state index contributed by atoms with van der Waals surface area (Å²) < 4.78 is 5.25. The molecular weight excluding hydrogens is 216 g/mol. The third-order valence-electron chi connectivity index (χ3n) is 3.48. The Morgan fingerprint density at radius 1 is 1.53 bits per heavy atom. The average molecular weight is 242 g/mol. The standard InChI is InChI=1S/C13H26N2O2/c1-5-11(3)14-13(12(16)17-6-2)8-7-9-15(4)10-13/h11,14H,5-10H2,1-4H3. The predicted octanol–water partition coefficient (Wildman–Crippen LogP) is 1.40. The van der Waals surface area contributed by atoms with E-state index in [2.05, 4.69) is 31.1 Å². The molecule has 0 aromatic carbocycles. The highest BCUT2D eigenvalue weighted by molar-refractivity contribution is 5.81. The summed E-state index contributed by atoms with van der Waals surface area (Å²) in [5.74, 6) is -0.0909. The molecule has 1 heterocycles. The van der Waals surface area contributed by atoms with E-state index in [0.29, 0.717) is 12.6 Å². The van der Waals surface area contributed by atoms with Crippen molar-refractivity contribution in [2.75, 3.05) is 26.7 Å². The monoisotopic (exact) mass is 242 g/mol. The number of likely N-dealkylation sites (tertiary alicyclic amines) is 1. The lowest BCUT2D eigenvalue weighted by Gasteiger charge is -2.41.